The van der Waals surface area contributed by atoms with Crippen LogP contribution in [-0.4, -0.2) is 39.7 Å². The fourth-order valence-electron chi connectivity index (χ4n) is 3.96. The fourth-order valence-corrected chi connectivity index (χ4v) is 5.22. The first-order valence-electron chi connectivity index (χ1n) is 12.1. The topological polar surface area (TPSA) is 96.5 Å². The van der Waals surface area contributed by atoms with Gasteiger partial charge in [-0.3, -0.25) is 4.79 Å². The molecule has 39 heavy (non-hydrogen) atoms. The molecule has 2 aromatic rings. The Morgan fingerprint density at radius 2 is 1.79 bits per heavy atom. The Labute approximate surface area is 222 Å². The molecule has 0 aromatic heterocycles. The Balaban J connectivity index is 1.71. The second-order valence-electron chi connectivity index (χ2n) is 9.60. The summed E-state index contributed by atoms with van der Waals surface area (Å²) in [6.07, 6.45) is -11.1. The zero-order valence-electron chi connectivity index (χ0n) is 21.1. The SMILES string of the molecule is CC(C)CNCc1ccc2c(c1)OCC[C@H]2NC(=O)C[C@H](NS(=O)(=O)c1cccc(C(F)(F)F)c1)C(F)(F)F. The molecule has 216 valence electrons. The van der Waals surface area contributed by atoms with Gasteiger partial charge in [0.15, 0.2) is 0 Å². The summed E-state index contributed by atoms with van der Waals surface area (Å²) in [4.78, 5) is 11.6. The summed E-state index contributed by atoms with van der Waals surface area (Å²) in [5.41, 5.74) is 0.140. The van der Waals surface area contributed by atoms with Gasteiger partial charge in [-0.2, -0.15) is 31.1 Å². The molecule has 0 spiro atoms. The minimum Gasteiger partial charge on any atom is -0.493 e. The van der Waals surface area contributed by atoms with Crippen molar-refractivity contribution in [2.24, 2.45) is 5.92 Å². The first-order valence-corrected chi connectivity index (χ1v) is 13.6. The van der Waals surface area contributed by atoms with Crippen molar-refractivity contribution in [3.63, 3.8) is 0 Å². The third-order valence-electron chi connectivity index (χ3n) is 5.89. The molecule has 2 atom stereocenters. The molecule has 0 radical (unpaired) electrons. The monoisotopic (exact) mass is 581 g/mol. The third kappa shape index (κ3) is 8.57. The van der Waals surface area contributed by atoms with E-state index in [9.17, 15) is 39.6 Å². The zero-order chi connectivity index (χ0) is 29.0. The number of rotatable bonds is 10. The first kappa shape index (κ1) is 30.7. The van der Waals surface area contributed by atoms with Crippen molar-refractivity contribution in [1.82, 2.24) is 15.4 Å². The van der Waals surface area contributed by atoms with Crippen molar-refractivity contribution in [3.05, 3.63) is 59.2 Å². The van der Waals surface area contributed by atoms with Crippen molar-refractivity contribution in [1.29, 1.82) is 0 Å². The van der Waals surface area contributed by atoms with E-state index in [-0.39, 0.29) is 19.1 Å². The van der Waals surface area contributed by atoms with E-state index in [1.54, 1.807) is 12.1 Å². The lowest BCUT2D eigenvalue weighted by atomic mass is 9.98. The van der Waals surface area contributed by atoms with Gasteiger partial charge >= 0.3 is 12.4 Å². The van der Waals surface area contributed by atoms with E-state index in [1.165, 1.54) is 4.72 Å². The second-order valence-corrected chi connectivity index (χ2v) is 11.3. The molecule has 1 aliphatic heterocycles. The quantitative estimate of drug-likeness (QED) is 0.354. The number of nitrogens with one attached hydrogen (secondary N) is 3. The number of fused-ring (bicyclic) bond motifs is 1. The van der Waals surface area contributed by atoms with Crippen LogP contribution in [0.5, 0.6) is 5.75 Å². The van der Waals surface area contributed by atoms with E-state index in [2.05, 4.69) is 24.5 Å². The molecular weight excluding hydrogens is 552 g/mol. The average molecular weight is 582 g/mol. The second kappa shape index (κ2) is 12.1. The number of ether oxygens (including phenoxy) is 1. The number of carbonyl (C=O) groups is 1. The zero-order valence-corrected chi connectivity index (χ0v) is 21.9. The maximum Gasteiger partial charge on any atom is 0.416 e. The Morgan fingerprint density at radius 3 is 2.44 bits per heavy atom. The molecule has 0 aliphatic carbocycles. The Hall–Kier alpha value is -2.84. The molecule has 3 N–H and O–H groups in total. The maximum atomic E-state index is 13.7. The first-order chi connectivity index (χ1) is 18.1. The summed E-state index contributed by atoms with van der Waals surface area (Å²) >= 11 is 0. The highest BCUT2D eigenvalue weighted by Gasteiger charge is 2.44. The molecule has 1 heterocycles. The fraction of sp³-hybridized carbons (Fsp3) is 0.480. The number of hydrogen-bond acceptors (Lipinski definition) is 5. The van der Waals surface area contributed by atoms with E-state index in [1.807, 2.05) is 6.07 Å². The van der Waals surface area contributed by atoms with Gasteiger partial charge < -0.3 is 15.4 Å². The van der Waals surface area contributed by atoms with E-state index >= 15 is 0 Å². The molecule has 1 amide bonds. The van der Waals surface area contributed by atoms with Crippen LogP contribution >= 0.6 is 0 Å². The van der Waals surface area contributed by atoms with Gasteiger partial charge in [0.1, 0.15) is 11.8 Å². The van der Waals surface area contributed by atoms with Crippen LogP contribution in [0.3, 0.4) is 0 Å². The number of hydrogen-bond donors (Lipinski definition) is 3. The van der Waals surface area contributed by atoms with Gasteiger partial charge in [0.05, 0.1) is 29.5 Å². The van der Waals surface area contributed by atoms with Crippen LogP contribution in [0.1, 0.15) is 49.4 Å². The van der Waals surface area contributed by atoms with Crippen molar-refractivity contribution in [3.8, 4) is 5.75 Å². The van der Waals surface area contributed by atoms with Crippen LogP contribution in [0.2, 0.25) is 0 Å². The highest BCUT2D eigenvalue weighted by atomic mass is 32.2. The molecule has 7 nitrogen and oxygen atoms in total. The van der Waals surface area contributed by atoms with E-state index < -0.39 is 57.2 Å². The van der Waals surface area contributed by atoms with Gasteiger partial charge in [-0.15, -0.1) is 0 Å². The normalized spacial score (nSPS) is 16.9. The van der Waals surface area contributed by atoms with Gasteiger partial charge in [-0.05, 0) is 42.3 Å². The number of amides is 1. The van der Waals surface area contributed by atoms with Crippen LogP contribution in [0.15, 0.2) is 47.4 Å². The highest BCUT2D eigenvalue weighted by Crippen LogP contribution is 2.34. The van der Waals surface area contributed by atoms with Crippen molar-refractivity contribution in [2.45, 2.75) is 62.6 Å². The lowest BCUT2D eigenvalue weighted by molar-refractivity contribution is -0.158. The molecule has 14 heteroatoms. The summed E-state index contributed by atoms with van der Waals surface area (Å²) in [5.74, 6) is -0.161. The predicted octanol–water partition coefficient (Wildman–Crippen LogP) is 4.69. The van der Waals surface area contributed by atoms with Gasteiger partial charge in [0, 0.05) is 18.5 Å². The van der Waals surface area contributed by atoms with E-state index in [0.717, 1.165) is 24.2 Å². The van der Waals surface area contributed by atoms with Crippen molar-refractivity contribution >= 4 is 15.9 Å². The smallest absolute Gasteiger partial charge is 0.416 e. The molecule has 0 saturated carbocycles. The molecule has 3 rings (SSSR count). The Kier molecular flexibility index (Phi) is 9.55. The van der Waals surface area contributed by atoms with Crippen LogP contribution in [0, 0.1) is 5.92 Å². The van der Waals surface area contributed by atoms with Crippen LogP contribution < -0.4 is 20.1 Å². The van der Waals surface area contributed by atoms with Crippen LogP contribution in [0.4, 0.5) is 26.3 Å². The molecule has 0 unspecified atom stereocenters. The maximum absolute atomic E-state index is 13.7. The Morgan fingerprint density at radius 1 is 1.08 bits per heavy atom. The molecule has 2 aromatic carbocycles. The predicted molar refractivity (Wildman–Crippen MR) is 130 cm³/mol. The van der Waals surface area contributed by atoms with Crippen LogP contribution in [0.25, 0.3) is 0 Å². The molecule has 0 fully saturated rings. The summed E-state index contributed by atoms with van der Waals surface area (Å²) in [7, 11) is -5.05. The minimum absolute atomic E-state index is 0.200. The number of carbonyl (C=O) groups excluding carboxylic acids is 1. The van der Waals surface area contributed by atoms with Crippen LogP contribution in [-0.2, 0) is 27.5 Å². The van der Waals surface area contributed by atoms with Crippen molar-refractivity contribution in [2.75, 3.05) is 13.2 Å². The summed E-state index contributed by atoms with van der Waals surface area (Å²) in [6, 6.07) is 4.07. The minimum atomic E-state index is -5.20. The summed E-state index contributed by atoms with van der Waals surface area (Å²) in [5, 5.41) is 5.78. The third-order valence-corrected chi connectivity index (χ3v) is 7.36. The largest absolute Gasteiger partial charge is 0.493 e. The van der Waals surface area contributed by atoms with Crippen molar-refractivity contribution < 1.29 is 44.3 Å². The molecule has 0 bridgehead atoms. The molecule has 0 saturated heterocycles. The lowest BCUT2D eigenvalue weighted by Gasteiger charge is -2.28. The standard InChI is InChI=1S/C25H29F6N3O4S/c1-15(2)13-32-14-16-6-7-19-20(8-9-38-21(19)10-16)33-23(35)12-22(25(29,30)31)34-39(36,37)18-5-3-4-17(11-18)24(26,27)28/h3-7,10-11,15,20,22,32,34H,8-9,12-14H2,1-2H3,(H,33,35)/t20-,22+/m1/s1. The summed E-state index contributed by atoms with van der Waals surface area (Å²) < 4.78 is 112. The number of benzene rings is 2. The van der Waals surface area contributed by atoms with E-state index in [0.29, 0.717) is 29.8 Å². The number of sulfonamides is 1. The molecule has 1 aliphatic rings. The van der Waals surface area contributed by atoms with Gasteiger partial charge in [-0.1, -0.05) is 32.0 Å². The van der Waals surface area contributed by atoms with Gasteiger partial charge in [0.2, 0.25) is 15.9 Å². The Bertz CT molecular complexity index is 1270. The lowest BCUT2D eigenvalue weighted by Crippen LogP contribution is -2.48. The molecular formula is C25H29F6N3O4S. The van der Waals surface area contributed by atoms with Gasteiger partial charge in [0.25, 0.3) is 0 Å². The van der Waals surface area contributed by atoms with E-state index in [4.69, 9.17) is 4.74 Å². The van der Waals surface area contributed by atoms with Gasteiger partial charge in [-0.25, -0.2) is 8.42 Å². The summed E-state index contributed by atoms with van der Waals surface area (Å²) in [6.45, 7) is 5.71. The number of halogens is 6. The highest BCUT2D eigenvalue weighted by molar-refractivity contribution is 7.89. The average Bonchev–Trinajstić information content (AvgIpc) is 2.82. The number of alkyl halides is 6.